The second-order valence-corrected chi connectivity index (χ2v) is 6.67. The van der Waals surface area contributed by atoms with E-state index in [1.165, 1.54) is 11.1 Å². The monoisotopic (exact) mass is 373 g/mol. The molecule has 1 amide bonds. The van der Waals surface area contributed by atoms with Gasteiger partial charge in [0.15, 0.2) is 0 Å². The van der Waals surface area contributed by atoms with Gasteiger partial charge in [-0.25, -0.2) is 0 Å². The number of anilines is 1. The Morgan fingerprint density at radius 2 is 1.46 bits per heavy atom. The fraction of sp³-hybridized carbons (Fsp3) is 0.240. The quantitative estimate of drug-likeness (QED) is 0.535. The third-order valence-electron chi connectivity index (χ3n) is 4.82. The number of carbonyl (C=O) groups excluding carboxylic acids is 1. The molecule has 0 spiro atoms. The van der Waals surface area contributed by atoms with E-state index in [1.807, 2.05) is 42.5 Å². The summed E-state index contributed by atoms with van der Waals surface area (Å²) in [6, 6.07) is 24.3. The van der Waals surface area contributed by atoms with Crippen LogP contribution in [0.3, 0.4) is 0 Å². The van der Waals surface area contributed by atoms with Crippen LogP contribution >= 0.6 is 0 Å². The standard InChI is InChI=1S/C25H27NO2/c1-3-19-13-10-14-20(4-2)25(19)26-24(27)17-18-28-23-16-9-8-15-22(23)21-11-6-5-7-12-21/h5-16H,3-4,17-18H2,1-2H3,(H,26,27). The minimum atomic E-state index is -0.0206. The molecule has 0 aliphatic heterocycles. The first kappa shape index (κ1) is 19.7. The van der Waals surface area contributed by atoms with Crippen LogP contribution in [0.1, 0.15) is 31.4 Å². The van der Waals surface area contributed by atoms with E-state index in [0.717, 1.165) is 35.4 Å². The first-order valence-corrected chi connectivity index (χ1v) is 9.90. The lowest BCUT2D eigenvalue weighted by atomic mass is 10.0. The number of benzene rings is 3. The molecule has 0 aliphatic rings. The normalized spacial score (nSPS) is 10.5. The Hall–Kier alpha value is -3.07. The number of carbonyl (C=O) groups is 1. The lowest BCUT2D eigenvalue weighted by Gasteiger charge is -2.15. The molecule has 144 valence electrons. The molecule has 3 rings (SSSR count). The minimum Gasteiger partial charge on any atom is -0.492 e. The fourth-order valence-corrected chi connectivity index (χ4v) is 3.31. The molecule has 3 aromatic carbocycles. The van der Waals surface area contributed by atoms with Gasteiger partial charge in [0.2, 0.25) is 5.91 Å². The Bertz CT molecular complexity index is 897. The van der Waals surface area contributed by atoms with Crippen molar-refractivity contribution < 1.29 is 9.53 Å². The SMILES string of the molecule is CCc1cccc(CC)c1NC(=O)CCOc1ccccc1-c1ccccc1. The van der Waals surface area contributed by atoms with Gasteiger partial charge in [-0.3, -0.25) is 4.79 Å². The summed E-state index contributed by atoms with van der Waals surface area (Å²) in [6.45, 7) is 4.55. The van der Waals surface area contributed by atoms with Crippen molar-refractivity contribution in [1.82, 2.24) is 0 Å². The maximum Gasteiger partial charge on any atom is 0.227 e. The summed E-state index contributed by atoms with van der Waals surface area (Å²) in [4.78, 5) is 12.5. The Morgan fingerprint density at radius 1 is 0.821 bits per heavy atom. The number of nitrogens with one attached hydrogen (secondary N) is 1. The van der Waals surface area contributed by atoms with Crippen molar-refractivity contribution >= 4 is 11.6 Å². The second kappa shape index (κ2) is 9.75. The molecule has 0 aliphatic carbocycles. The van der Waals surface area contributed by atoms with E-state index >= 15 is 0 Å². The van der Waals surface area contributed by atoms with Crippen LogP contribution in [0.15, 0.2) is 72.8 Å². The first-order valence-electron chi connectivity index (χ1n) is 9.90. The number of hydrogen-bond acceptors (Lipinski definition) is 2. The van der Waals surface area contributed by atoms with E-state index in [4.69, 9.17) is 4.74 Å². The van der Waals surface area contributed by atoms with Crippen molar-refractivity contribution in [3.05, 3.63) is 83.9 Å². The molecule has 0 radical (unpaired) electrons. The largest absolute Gasteiger partial charge is 0.492 e. The maximum absolute atomic E-state index is 12.5. The Labute approximate surface area is 167 Å². The summed E-state index contributed by atoms with van der Waals surface area (Å²) in [7, 11) is 0. The van der Waals surface area contributed by atoms with Gasteiger partial charge in [-0.15, -0.1) is 0 Å². The maximum atomic E-state index is 12.5. The van der Waals surface area contributed by atoms with Gasteiger partial charge < -0.3 is 10.1 Å². The van der Waals surface area contributed by atoms with Crippen LogP contribution < -0.4 is 10.1 Å². The van der Waals surface area contributed by atoms with Gasteiger partial charge in [0, 0.05) is 11.3 Å². The van der Waals surface area contributed by atoms with E-state index in [-0.39, 0.29) is 5.91 Å². The van der Waals surface area contributed by atoms with E-state index in [9.17, 15) is 4.79 Å². The third-order valence-corrected chi connectivity index (χ3v) is 4.82. The average molecular weight is 373 g/mol. The number of amides is 1. The van der Waals surface area contributed by atoms with E-state index in [1.54, 1.807) is 0 Å². The van der Waals surface area contributed by atoms with Crippen molar-refractivity contribution in [3.63, 3.8) is 0 Å². The molecule has 0 aromatic heterocycles. The zero-order valence-electron chi connectivity index (χ0n) is 16.6. The zero-order valence-corrected chi connectivity index (χ0v) is 16.6. The van der Waals surface area contributed by atoms with Crippen LogP contribution in [0.25, 0.3) is 11.1 Å². The molecule has 0 heterocycles. The Morgan fingerprint density at radius 3 is 2.14 bits per heavy atom. The number of hydrogen-bond donors (Lipinski definition) is 1. The molecule has 0 bridgehead atoms. The highest BCUT2D eigenvalue weighted by Gasteiger charge is 2.11. The molecule has 28 heavy (non-hydrogen) atoms. The second-order valence-electron chi connectivity index (χ2n) is 6.67. The summed E-state index contributed by atoms with van der Waals surface area (Å²) < 4.78 is 5.95. The van der Waals surface area contributed by atoms with E-state index in [0.29, 0.717) is 13.0 Å². The van der Waals surface area contributed by atoms with Crippen molar-refractivity contribution in [2.75, 3.05) is 11.9 Å². The lowest BCUT2D eigenvalue weighted by molar-refractivity contribution is -0.116. The summed E-state index contributed by atoms with van der Waals surface area (Å²) in [5.74, 6) is 0.775. The number of aryl methyl sites for hydroxylation is 2. The van der Waals surface area contributed by atoms with Gasteiger partial charge in [0.1, 0.15) is 5.75 Å². The van der Waals surface area contributed by atoms with Crippen LogP contribution in [0.5, 0.6) is 5.75 Å². The van der Waals surface area contributed by atoms with Gasteiger partial charge in [-0.2, -0.15) is 0 Å². The van der Waals surface area contributed by atoms with Crippen molar-refractivity contribution in [1.29, 1.82) is 0 Å². The number of rotatable bonds is 8. The molecule has 0 fully saturated rings. The molecular weight excluding hydrogens is 346 g/mol. The van der Waals surface area contributed by atoms with Crippen LogP contribution in [0.4, 0.5) is 5.69 Å². The molecule has 0 saturated carbocycles. The Balaban J connectivity index is 1.63. The lowest BCUT2D eigenvalue weighted by Crippen LogP contribution is -2.17. The molecule has 0 unspecified atom stereocenters. The van der Waals surface area contributed by atoms with Crippen LogP contribution in [0.2, 0.25) is 0 Å². The number of ether oxygens (including phenoxy) is 1. The van der Waals surface area contributed by atoms with Crippen molar-refractivity contribution in [3.8, 4) is 16.9 Å². The highest BCUT2D eigenvalue weighted by molar-refractivity contribution is 5.92. The summed E-state index contributed by atoms with van der Waals surface area (Å²) in [5.41, 5.74) is 5.44. The van der Waals surface area contributed by atoms with Crippen LogP contribution in [-0.2, 0) is 17.6 Å². The van der Waals surface area contributed by atoms with Crippen LogP contribution in [-0.4, -0.2) is 12.5 Å². The van der Waals surface area contributed by atoms with Gasteiger partial charge in [-0.05, 0) is 35.6 Å². The average Bonchev–Trinajstić information content (AvgIpc) is 2.75. The highest BCUT2D eigenvalue weighted by atomic mass is 16.5. The predicted octanol–water partition coefficient (Wildman–Crippen LogP) is 5.89. The molecular formula is C25H27NO2. The Kier molecular flexibility index (Phi) is 6.85. The van der Waals surface area contributed by atoms with Gasteiger partial charge in [0.25, 0.3) is 0 Å². The summed E-state index contributed by atoms with van der Waals surface area (Å²) in [6.07, 6.45) is 2.10. The molecule has 3 aromatic rings. The van der Waals surface area contributed by atoms with E-state index in [2.05, 4.69) is 49.5 Å². The highest BCUT2D eigenvalue weighted by Crippen LogP contribution is 2.29. The minimum absolute atomic E-state index is 0.0206. The van der Waals surface area contributed by atoms with E-state index < -0.39 is 0 Å². The topological polar surface area (TPSA) is 38.3 Å². The first-order chi connectivity index (χ1) is 13.7. The van der Waals surface area contributed by atoms with Crippen molar-refractivity contribution in [2.24, 2.45) is 0 Å². The smallest absolute Gasteiger partial charge is 0.227 e. The molecule has 3 heteroatoms. The summed E-state index contributed by atoms with van der Waals surface area (Å²) in [5, 5.41) is 3.09. The van der Waals surface area contributed by atoms with Gasteiger partial charge >= 0.3 is 0 Å². The number of para-hydroxylation sites is 2. The summed E-state index contributed by atoms with van der Waals surface area (Å²) >= 11 is 0. The zero-order chi connectivity index (χ0) is 19.8. The molecule has 0 atom stereocenters. The van der Waals surface area contributed by atoms with Gasteiger partial charge in [0.05, 0.1) is 13.0 Å². The fourth-order valence-electron chi connectivity index (χ4n) is 3.31. The molecule has 1 N–H and O–H groups in total. The van der Waals surface area contributed by atoms with Gasteiger partial charge in [-0.1, -0.05) is 80.6 Å². The van der Waals surface area contributed by atoms with Crippen LogP contribution in [0, 0.1) is 0 Å². The third kappa shape index (κ3) is 4.80. The molecule has 0 saturated heterocycles. The molecule has 3 nitrogen and oxygen atoms in total. The predicted molar refractivity (Wildman–Crippen MR) is 116 cm³/mol. The van der Waals surface area contributed by atoms with Crippen molar-refractivity contribution in [2.45, 2.75) is 33.1 Å².